The Kier molecular flexibility index (Phi) is 6.11. The fourth-order valence-electron chi connectivity index (χ4n) is 3.92. The molecule has 1 amide bonds. The Balaban J connectivity index is 1.65. The summed E-state index contributed by atoms with van der Waals surface area (Å²) in [5, 5.41) is 3.54. The third-order valence-corrected chi connectivity index (χ3v) is 5.64. The summed E-state index contributed by atoms with van der Waals surface area (Å²) in [6.45, 7) is 6.81. The van der Waals surface area contributed by atoms with Gasteiger partial charge in [0.05, 0.1) is 18.9 Å². The molecule has 1 N–H and O–H groups in total. The third-order valence-electron chi connectivity index (χ3n) is 5.64. The SMILES string of the molecule is CCC(NCc1c(C(=O)N2CCOCC2)nc2c(C)cccn12)c1ccc(F)cc1. The van der Waals surface area contributed by atoms with E-state index in [0.29, 0.717) is 38.5 Å². The number of morpholine rings is 1. The molecule has 1 fully saturated rings. The molecule has 7 heteroatoms. The van der Waals surface area contributed by atoms with E-state index in [1.165, 1.54) is 12.1 Å². The molecule has 1 saturated heterocycles. The lowest BCUT2D eigenvalue weighted by Crippen LogP contribution is -2.41. The highest BCUT2D eigenvalue weighted by Gasteiger charge is 2.26. The van der Waals surface area contributed by atoms with Gasteiger partial charge in [0, 0.05) is 31.9 Å². The molecule has 0 saturated carbocycles. The van der Waals surface area contributed by atoms with E-state index in [0.717, 1.165) is 28.9 Å². The zero-order chi connectivity index (χ0) is 21.1. The number of aromatic nitrogens is 2. The monoisotopic (exact) mass is 410 g/mol. The molecule has 1 unspecified atom stereocenters. The molecule has 0 radical (unpaired) electrons. The van der Waals surface area contributed by atoms with E-state index >= 15 is 0 Å². The van der Waals surface area contributed by atoms with E-state index in [2.05, 4.69) is 12.2 Å². The van der Waals surface area contributed by atoms with Gasteiger partial charge >= 0.3 is 0 Å². The van der Waals surface area contributed by atoms with Gasteiger partial charge in [0.25, 0.3) is 5.91 Å². The van der Waals surface area contributed by atoms with Crippen molar-refractivity contribution in [3.05, 3.63) is 70.9 Å². The summed E-state index contributed by atoms with van der Waals surface area (Å²) in [7, 11) is 0. The predicted molar refractivity (Wildman–Crippen MR) is 113 cm³/mol. The molecule has 30 heavy (non-hydrogen) atoms. The molecule has 1 atom stereocenters. The number of carbonyl (C=O) groups excluding carboxylic acids is 1. The summed E-state index contributed by atoms with van der Waals surface area (Å²) in [6.07, 6.45) is 2.79. The van der Waals surface area contributed by atoms with Crippen LogP contribution >= 0.6 is 0 Å². The van der Waals surface area contributed by atoms with E-state index < -0.39 is 0 Å². The van der Waals surface area contributed by atoms with Gasteiger partial charge in [-0.05, 0) is 42.7 Å². The lowest BCUT2D eigenvalue weighted by Gasteiger charge is -2.26. The Morgan fingerprint density at radius 3 is 2.67 bits per heavy atom. The number of amides is 1. The molecule has 0 aliphatic carbocycles. The van der Waals surface area contributed by atoms with Gasteiger partial charge < -0.3 is 19.4 Å². The third kappa shape index (κ3) is 4.08. The van der Waals surface area contributed by atoms with E-state index in [-0.39, 0.29) is 17.8 Å². The van der Waals surface area contributed by atoms with E-state index in [9.17, 15) is 9.18 Å². The molecule has 0 spiro atoms. The second-order valence-corrected chi connectivity index (χ2v) is 7.59. The topological polar surface area (TPSA) is 58.9 Å². The Morgan fingerprint density at radius 1 is 1.23 bits per heavy atom. The van der Waals surface area contributed by atoms with Crippen molar-refractivity contribution in [2.75, 3.05) is 26.3 Å². The van der Waals surface area contributed by atoms with E-state index in [1.807, 2.05) is 29.7 Å². The number of halogens is 1. The number of imidazole rings is 1. The van der Waals surface area contributed by atoms with Crippen LogP contribution in [0.5, 0.6) is 0 Å². The molecule has 1 aliphatic rings. The number of hydrogen-bond acceptors (Lipinski definition) is 4. The van der Waals surface area contributed by atoms with Gasteiger partial charge in [-0.25, -0.2) is 9.37 Å². The molecule has 1 aromatic carbocycles. The number of hydrogen-bond donors (Lipinski definition) is 1. The van der Waals surface area contributed by atoms with E-state index in [1.54, 1.807) is 17.0 Å². The van der Waals surface area contributed by atoms with Crippen molar-refractivity contribution in [2.45, 2.75) is 32.9 Å². The van der Waals surface area contributed by atoms with E-state index in [4.69, 9.17) is 9.72 Å². The molecule has 0 bridgehead atoms. The average Bonchev–Trinajstić information content (AvgIpc) is 3.15. The number of fused-ring (bicyclic) bond motifs is 1. The van der Waals surface area contributed by atoms with Gasteiger partial charge in [-0.1, -0.05) is 25.1 Å². The maximum atomic E-state index is 13.3. The molecule has 4 rings (SSSR count). The van der Waals surface area contributed by atoms with Gasteiger partial charge in [-0.3, -0.25) is 4.79 Å². The molecular formula is C23H27FN4O2. The number of nitrogens with one attached hydrogen (secondary N) is 1. The van der Waals surface area contributed by atoms with Crippen LogP contribution in [0.15, 0.2) is 42.6 Å². The van der Waals surface area contributed by atoms with Crippen molar-refractivity contribution in [1.82, 2.24) is 19.6 Å². The number of aryl methyl sites for hydroxylation is 1. The number of rotatable bonds is 6. The fraction of sp³-hybridized carbons (Fsp3) is 0.391. The van der Waals surface area contributed by atoms with Gasteiger partial charge in [0.15, 0.2) is 5.69 Å². The summed E-state index contributed by atoms with van der Waals surface area (Å²) in [5.74, 6) is -0.308. The van der Waals surface area contributed by atoms with Gasteiger partial charge in [0.1, 0.15) is 11.5 Å². The first kappa shape index (κ1) is 20.5. The lowest BCUT2D eigenvalue weighted by atomic mass is 10.0. The van der Waals surface area contributed by atoms with Crippen molar-refractivity contribution < 1.29 is 13.9 Å². The Labute approximate surface area is 175 Å². The smallest absolute Gasteiger partial charge is 0.274 e. The van der Waals surface area contributed by atoms with Crippen LogP contribution < -0.4 is 5.32 Å². The van der Waals surface area contributed by atoms with Crippen LogP contribution in [-0.4, -0.2) is 46.5 Å². The quantitative estimate of drug-likeness (QED) is 0.676. The summed E-state index contributed by atoms with van der Waals surface area (Å²) in [6, 6.07) is 10.6. The van der Waals surface area contributed by atoms with Crippen molar-refractivity contribution in [3.63, 3.8) is 0 Å². The highest BCUT2D eigenvalue weighted by atomic mass is 19.1. The maximum absolute atomic E-state index is 13.3. The van der Waals surface area contributed by atoms with Gasteiger partial charge in [-0.2, -0.15) is 0 Å². The second kappa shape index (κ2) is 8.93. The Morgan fingerprint density at radius 2 is 1.97 bits per heavy atom. The first-order valence-corrected chi connectivity index (χ1v) is 10.4. The standard InChI is InChI=1S/C23H27FN4O2/c1-3-19(17-6-8-18(24)9-7-17)25-15-20-21(23(29)27-11-13-30-14-12-27)26-22-16(2)5-4-10-28(20)22/h4-10,19,25H,3,11-15H2,1-2H3. The highest BCUT2D eigenvalue weighted by molar-refractivity contribution is 5.94. The first-order valence-electron chi connectivity index (χ1n) is 10.4. The van der Waals surface area contributed by atoms with Crippen LogP contribution in [0, 0.1) is 12.7 Å². The summed E-state index contributed by atoms with van der Waals surface area (Å²) < 4.78 is 20.7. The number of nitrogens with zero attached hydrogens (tertiary/aromatic N) is 3. The lowest BCUT2D eigenvalue weighted by molar-refractivity contribution is 0.0298. The molecule has 3 aromatic rings. The van der Waals surface area contributed by atoms with Crippen molar-refractivity contribution in [3.8, 4) is 0 Å². The van der Waals surface area contributed by atoms with Crippen molar-refractivity contribution in [1.29, 1.82) is 0 Å². The van der Waals surface area contributed by atoms with Gasteiger partial charge in [-0.15, -0.1) is 0 Å². The number of carbonyl (C=O) groups is 1. The minimum absolute atomic E-state index is 0.0484. The van der Waals surface area contributed by atoms with Crippen LogP contribution in [0.2, 0.25) is 0 Å². The minimum atomic E-state index is -0.246. The summed E-state index contributed by atoms with van der Waals surface area (Å²) in [5.41, 5.74) is 4.15. The Bertz CT molecular complexity index is 1030. The molecule has 6 nitrogen and oxygen atoms in total. The molecule has 1 aliphatic heterocycles. The average molecular weight is 410 g/mol. The normalized spacial score (nSPS) is 15.5. The number of benzene rings is 1. The van der Waals surface area contributed by atoms with Crippen LogP contribution in [0.3, 0.4) is 0 Å². The highest BCUT2D eigenvalue weighted by Crippen LogP contribution is 2.21. The Hall–Kier alpha value is -2.77. The van der Waals surface area contributed by atoms with Crippen molar-refractivity contribution >= 4 is 11.6 Å². The van der Waals surface area contributed by atoms with Crippen LogP contribution in [0.4, 0.5) is 4.39 Å². The van der Waals surface area contributed by atoms with Crippen LogP contribution in [0.1, 0.15) is 46.7 Å². The minimum Gasteiger partial charge on any atom is -0.378 e. The molecule has 158 valence electrons. The van der Waals surface area contributed by atoms with Crippen LogP contribution in [-0.2, 0) is 11.3 Å². The summed E-state index contributed by atoms with van der Waals surface area (Å²) >= 11 is 0. The predicted octanol–water partition coefficient (Wildman–Crippen LogP) is 3.50. The fourth-order valence-corrected chi connectivity index (χ4v) is 3.92. The summed E-state index contributed by atoms with van der Waals surface area (Å²) in [4.78, 5) is 19.8. The number of pyridine rings is 1. The second-order valence-electron chi connectivity index (χ2n) is 7.59. The molecular weight excluding hydrogens is 383 g/mol. The first-order chi connectivity index (χ1) is 14.6. The zero-order valence-corrected chi connectivity index (χ0v) is 17.4. The molecule has 3 heterocycles. The van der Waals surface area contributed by atoms with Crippen molar-refractivity contribution in [2.24, 2.45) is 0 Å². The zero-order valence-electron chi connectivity index (χ0n) is 17.4. The number of ether oxygens (including phenoxy) is 1. The largest absolute Gasteiger partial charge is 0.378 e. The maximum Gasteiger partial charge on any atom is 0.274 e. The molecule has 2 aromatic heterocycles. The van der Waals surface area contributed by atoms with Gasteiger partial charge in [0.2, 0.25) is 0 Å². The van der Waals surface area contributed by atoms with Crippen LogP contribution in [0.25, 0.3) is 5.65 Å².